The number of carboxylic acids is 1. The number of thiazole rings is 1. The summed E-state index contributed by atoms with van der Waals surface area (Å²) < 4.78 is 12.4. The zero-order valence-electron chi connectivity index (χ0n) is 18.4. The molecule has 3 aromatic heterocycles. The second-order valence-corrected chi connectivity index (χ2v) is 9.15. The standard InChI is InChI=1S/C22H23N5O6S/c1-12-6-16(26-8-13(9-26)20(29)24-7-14-11-32-3-4-33-14)25-19-17(12)18(28)15(21(30)31)10-27(19)22-23-2-5-34-22/h2,5-6,10,13-14H,3-4,7-9,11H2,1H3,(H,24,29)(H,30,31). The summed E-state index contributed by atoms with van der Waals surface area (Å²) in [5.74, 6) is -0.917. The fourth-order valence-corrected chi connectivity index (χ4v) is 4.73. The molecule has 11 nitrogen and oxygen atoms in total. The van der Waals surface area contributed by atoms with Crippen molar-refractivity contribution < 1.29 is 24.2 Å². The molecule has 3 aromatic rings. The Morgan fingerprint density at radius 2 is 2.15 bits per heavy atom. The van der Waals surface area contributed by atoms with Crippen LogP contribution in [0.25, 0.3) is 16.2 Å². The Hall–Kier alpha value is -3.35. The summed E-state index contributed by atoms with van der Waals surface area (Å²) in [4.78, 5) is 48.0. The molecule has 0 aliphatic carbocycles. The summed E-state index contributed by atoms with van der Waals surface area (Å²) in [5, 5.41) is 15.0. The summed E-state index contributed by atoms with van der Waals surface area (Å²) in [7, 11) is 0. The Balaban J connectivity index is 1.38. The average Bonchev–Trinajstić information content (AvgIpc) is 3.32. The lowest BCUT2D eigenvalue weighted by Crippen LogP contribution is -2.55. The van der Waals surface area contributed by atoms with Gasteiger partial charge in [0.05, 0.1) is 37.2 Å². The van der Waals surface area contributed by atoms with Gasteiger partial charge in [0.1, 0.15) is 11.4 Å². The van der Waals surface area contributed by atoms with Crippen molar-refractivity contribution >= 4 is 40.1 Å². The number of carbonyl (C=O) groups is 2. The monoisotopic (exact) mass is 485 g/mol. The number of hydrogen-bond acceptors (Lipinski definition) is 9. The number of fused-ring (bicyclic) bond motifs is 1. The number of rotatable bonds is 6. The summed E-state index contributed by atoms with van der Waals surface area (Å²) in [6.45, 7) is 4.72. The Morgan fingerprint density at radius 1 is 1.32 bits per heavy atom. The lowest BCUT2D eigenvalue weighted by atomic mass is 9.98. The molecule has 0 aromatic carbocycles. The molecule has 2 saturated heterocycles. The van der Waals surface area contributed by atoms with Crippen molar-refractivity contribution in [1.82, 2.24) is 19.9 Å². The van der Waals surface area contributed by atoms with E-state index >= 15 is 0 Å². The topological polar surface area (TPSA) is 136 Å². The van der Waals surface area contributed by atoms with Crippen LogP contribution in [-0.2, 0) is 14.3 Å². The molecular formula is C22H23N5O6S. The molecular weight excluding hydrogens is 462 g/mol. The van der Waals surface area contributed by atoms with Gasteiger partial charge in [-0.15, -0.1) is 11.3 Å². The van der Waals surface area contributed by atoms with Crippen LogP contribution in [-0.4, -0.2) is 77.1 Å². The molecule has 1 atom stereocenters. The normalized spacial score (nSPS) is 18.6. The van der Waals surface area contributed by atoms with Crippen LogP contribution in [0.15, 0.2) is 28.6 Å². The van der Waals surface area contributed by atoms with E-state index in [0.29, 0.717) is 61.6 Å². The Labute approximate surface area is 197 Å². The van der Waals surface area contributed by atoms with Crippen LogP contribution < -0.4 is 15.6 Å². The van der Waals surface area contributed by atoms with Gasteiger partial charge < -0.3 is 24.8 Å². The van der Waals surface area contributed by atoms with Crippen LogP contribution in [0.4, 0.5) is 5.82 Å². The maximum absolute atomic E-state index is 12.9. The number of aryl methyl sites for hydroxylation is 1. The largest absolute Gasteiger partial charge is 0.477 e. The molecule has 2 fully saturated rings. The Kier molecular flexibility index (Phi) is 6.02. The maximum atomic E-state index is 12.9. The summed E-state index contributed by atoms with van der Waals surface area (Å²) in [5.41, 5.74) is 0.0260. The van der Waals surface area contributed by atoms with Crippen molar-refractivity contribution in [3.63, 3.8) is 0 Å². The third-order valence-electron chi connectivity index (χ3n) is 5.96. The number of carboxylic acid groups (broad SMARTS) is 1. The van der Waals surface area contributed by atoms with E-state index in [9.17, 15) is 19.5 Å². The summed E-state index contributed by atoms with van der Waals surface area (Å²) in [6, 6.07) is 1.75. The number of nitrogens with zero attached hydrogens (tertiary/aromatic N) is 4. The van der Waals surface area contributed by atoms with Gasteiger partial charge in [0, 0.05) is 37.4 Å². The van der Waals surface area contributed by atoms with Gasteiger partial charge in [-0.1, -0.05) is 0 Å². The van der Waals surface area contributed by atoms with Gasteiger partial charge in [-0.3, -0.25) is 14.2 Å². The smallest absolute Gasteiger partial charge is 0.341 e. The minimum Gasteiger partial charge on any atom is -0.477 e. The predicted molar refractivity (Wildman–Crippen MR) is 124 cm³/mol. The summed E-state index contributed by atoms with van der Waals surface area (Å²) in [6.07, 6.45) is 2.74. The molecule has 0 spiro atoms. The molecule has 12 heteroatoms. The number of amides is 1. The molecule has 0 radical (unpaired) electrons. The molecule has 1 unspecified atom stereocenters. The van der Waals surface area contributed by atoms with Crippen molar-refractivity contribution in [3.05, 3.63) is 45.2 Å². The van der Waals surface area contributed by atoms with Gasteiger partial charge in [-0.2, -0.15) is 0 Å². The van der Waals surface area contributed by atoms with Crippen molar-refractivity contribution in [2.75, 3.05) is 44.4 Å². The molecule has 0 saturated carbocycles. The highest BCUT2D eigenvalue weighted by molar-refractivity contribution is 7.12. The first-order chi connectivity index (χ1) is 16.4. The lowest BCUT2D eigenvalue weighted by molar-refractivity contribution is -0.128. The highest BCUT2D eigenvalue weighted by Gasteiger charge is 2.34. The third-order valence-corrected chi connectivity index (χ3v) is 6.73. The molecule has 5 rings (SSSR count). The third kappa shape index (κ3) is 4.15. The Bertz CT molecular complexity index is 1300. The first kappa shape index (κ1) is 22.4. The average molecular weight is 486 g/mol. The number of carbonyl (C=O) groups excluding carboxylic acids is 1. The first-order valence-corrected chi connectivity index (χ1v) is 11.7. The molecule has 2 N–H and O–H groups in total. The fraction of sp³-hybridized carbons (Fsp3) is 0.409. The van der Waals surface area contributed by atoms with Gasteiger partial charge in [0.25, 0.3) is 0 Å². The van der Waals surface area contributed by atoms with E-state index in [0.717, 1.165) is 0 Å². The van der Waals surface area contributed by atoms with E-state index in [-0.39, 0.29) is 28.9 Å². The zero-order chi connectivity index (χ0) is 23.8. The van der Waals surface area contributed by atoms with Crippen LogP contribution in [0, 0.1) is 12.8 Å². The number of anilines is 1. The van der Waals surface area contributed by atoms with Crippen LogP contribution >= 0.6 is 11.3 Å². The van der Waals surface area contributed by atoms with Gasteiger partial charge >= 0.3 is 5.97 Å². The van der Waals surface area contributed by atoms with E-state index in [4.69, 9.17) is 9.47 Å². The number of aromatic carboxylic acids is 1. The minimum absolute atomic E-state index is 0.0475. The quantitative estimate of drug-likeness (QED) is 0.520. The zero-order valence-corrected chi connectivity index (χ0v) is 19.2. The highest BCUT2D eigenvalue weighted by atomic mass is 32.1. The molecule has 5 heterocycles. The Morgan fingerprint density at radius 3 is 2.82 bits per heavy atom. The van der Waals surface area contributed by atoms with Gasteiger partial charge in [0.2, 0.25) is 11.3 Å². The van der Waals surface area contributed by atoms with Gasteiger partial charge in [-0.25, -0.2) is 14.8 Å². The van der Waals surface area contributed by atoms with E-state index in [1.165, 1.54) is 22.1 Å². The second-order valence-electron chi connectivity index (χ2n) is 8.27. The van der Waals surface area contributed by atoms with Crippen molar-refractivity contribution in [2.24, 2.45) is 5.92 Å². The van der Waals surface area contributed by atoms with E-state index in [1.54, 1.807) is 24.6 Å². The van der Waals surface area contributed by atoms with E-state index in [1.807, 2.05) is 4.90 Å². The maximum Gasteiger partial charge on any atom is 0.341 e. The fourth-order valence-electron chi connectivity index (χ4n) is 4.12. The molecule has 1 amide bonds. The second kappa shape index (κ2) is 9.12. The van der Waals surface area contributed by atoms with Crippen molar-refractivity contribution in [2.45, 2.75) is 13.0 Å². The molecule has 34 heavy (non-hydrogen) atoms. The van der Waals surface area contributed by atoms with Gasteiger partial charge in [0.15, 0.2) is 10.8 Å². The van der Waals surface area contributed by atoms with E-state index in [2.05, 4.69) is 15.3 Å². The van der Waals surface area contributed by atoms with Crippen molar-refractivity contribution in [3.8, 4) is 5.13 Å². The van der Waals surface area contributed by atoms with E-state index < -0.39 is 11.4 Å². The van der Waals surface area contributed by atoms with Crippen LogP contribution in [0.5, 0.6) is 0 Å². The van der Waals surface area contributed by atoms with Crippen LogP contribution in [0.3, 0.4) is 0 Å². The highest BCUT2D eigenvalue weighted by Crippen LogP contribution is 2.28. The first-order valence-electron chi connectivity index (χ1n) is 10.8. The number of aromatic nitrogens is 3. The SMILES string of the molecule is Cc1cc(N2CC(C(=O)NCC3COCCO3)C2)nc2c1c(=O)c(C(=O)O)cn2-c1nccs1. The number of nitrogens with one attached hydrogen (secondary N) is 1. The number of hydrogen-bond donors (Lipinski definition) is 2. The predicted octanol–water partition coefficient (Wildman–Crippen LogP) is 0.817. The lowest BCUT2D eigenvalue weighted by Gasteiger charge is -2.39. The molecule has 0 bridgehead atoms. The van der Waals surface area contributed by atoms with Crippen LogP contribution in [0.1, 0.15) is 15.9 Å². The minimum atomic E-state index is -1.30. The number of ether oxygens (including phenoxy) is 2. The summed E-state index contributed by atoms with van der Waals surface area (Å²) >= 11 is 1.31. The van der Waals surface area contributed by atoms with Gasteiger partial charge in [-0.05, 0) is 18.6 Å². The molecule has 178 valence electrons. The van der Waals surface area contributed by atoms with Crippen molar-refractivity contribution in [1.29, 1.82) is 0 Å². The number of pyridine rings is 2. The van der Waals surface area contributed by atoms with Crippen LogP contribution in [0.2, 0.25) is 0 Å². The molecule has 2 aliphatic rings. The molecule has 2 aliphatic heterocycles.